The van der Waals surface area contributed by atoms with Crippen molar-refractivity contribution in [2.24, 2.45) is 0 Å². The summed E-state index contributed by atoms with van der Waals surface area (Å²) >= 11 is 0. The molecule has 0 saturated heterocycles. The molecule has 1 atom stereocenters. The van der Waals surface area contributed by atoms with Crippen LogP contribution in [0.3, 0.4) is 0 Å². The summed E-state index contributed by atoms with van der Waals surface area (Å²) in [7, 11) is 0. The van der Waals surface area contributed by atoms with E-state index in [1.54, 1.807) is 12.1 Å². The fourth-order valence-electron chi connectivity index (χ4n) is 0.779. The average Bonchev–Trinajstić information content (AvgIpc) is 2.05. The Kier molecular flexibility index (Phi) is 2.24. The van der Waals surface area contributed by atoms with E-state index >= 15 is 0 Å². The number of hydrogen-bond acceptors (Lipinski definition) is 1. The molecule has 1 unspecified atom stereocenters. The number of hydrogen-bond donors (Lipinski definition) is 0. The Bertz CT molecular complexity index is 203. The van der Waals surface area contributed by atoms with E-state index in [0.29, 0.717) is 0 Å². The lowest BCUT2D eigenvalue weighted by atomic mass is 10.1. The highest BCUT2D eigenvalue weighted by atomic mass is 16.3. The Hall–Kier alpha value is -1.08. The van der Waals surface area contributed by atoms with Gasteiger partial charge in [0.25, 0.3) is 0 Å². The molecule has 0 N–H and O–H groups in total. The fraction of sp³-hybridized carbons (Fsp3) is 0.111. The molecule has 10 heavy (non-hydrogen) atoms. The molecule has 1 rings (SSSR count). The van der Waals surface area contributed by atoms with Crippen LogP contribution in [-0.4, -0.2) is 0 Å². The molecule has 1 aromatic carbocycles. The summed E-state index contributed by atoms with van der Waals surface area (Å²) in [5.74, 6) is 0. The minimum atomic E-state index is -0.777. The maximum Gasteiger partial charge on any atom is -0.0578 e. The van der Waals surface area contributed by atoms with Crippen LogP contribution in [0.4, 0.5) is 0 Å². The quantitative estimate of drug-likeness (QED) is 0.557. The third kappa shape index (κ3) is 1.45. The van der Waals surface area contributed by atoms with E-state index in [1.807, 2.05) is 18.2 Å². The smallest absolute Gasteiger partial charge is 0.0578 e. The summed E-state index contributed by atoms with van der Waals surface area (Å²) in [5.41, 5.74) is 0.775. The van der Waals surface area contributed by atoms with E-state index in [2.05, 4.69) is 6.58 Å². The molecule has 0 aliphatic carbocycles. The van der Waals surface area contributed by atoms with Crippen LogP contribution in [0.5, 0.6) is 0 Å². The van der Waals surface area contributed by atoms with Crippen molar-refractivity contribution in [2.45, 2.75) is 6.10 Å². The van der Waals surface area contributed by atoms with Gasteiger partial charge < -0.3 is 5.11 Å². The van der Waals surface area contributed by atoms with Gasteiger partial charge in [0.15, 0.2) is 0 Å². The first-order valence-corrected chi connectivity index (χ1v) is 3.18. The van der Waals surface area contributed by atoms with Crippen LogP contribution in [0.15, 0.2) is 43.0 Å². The lowest BCUT2D eigenvalue weighted by molar-refractivity contribution is -0.409. The lowest BCUT2D eigenvalue weighted by Crippen LogP contribution is -2.11. The molecule has 0 aliphatic rings. The molecule has 0 bridgehead atoms. The first-order valence-electron chi connectivity index (χ1n) is 3.18. The molecule has 1 heteroatoms. The number of benzene rings is 1. The van der Waals surface area contributed by atoms with Gasteiger partial charge in [-0.15, -0.1) is 12.7 Å². The Morgan fingerprint density at radius 1 is 1.30 bits per heavy atom. The van der Waals surface area contributed by atoms with Gasteiger partial charge in [-0.1, -0.05) is 42.0 Å². The largest absolute Gasteiger partial charge is 0.846 e. The summed E-state index contributed by atoms with van der Waals surface area (Å²) in [6.07, 6.45) is 0.621. The summed E-state index contributed by atoms with van der Waals surface area (Å²) in [6, 6.07) is 9.20. The maximum atomic E-state index is 11.0. The van der Waals surface area contributed by atoms with Crippen LogP contribution in [0.1, 0.15) is 11.7 Å². The topological polar surface area (TPSA) is 23.1 Å². The Morgan fingerprint density at radius 3 is 2.40 bits per heavy atom. The van der Waals surface area contributed by atoms with Gasteiger partial charge in [0, 0.05) is 0 Å². The van der Waals surface area contributed by atoms with Crippen molar-refractivity contribution in [3.63, 3.8) is 0 Å². The van der Waals surface area contributed by atoms with Gasteiger partial charge in [-0.25, -0.2) is 0 Å². The van der Waals surface area contributed by atoms with E-state index in [4.69, 9.17) is 0 Å². The van der Waals surface area contributed by atoms with E-state index < -0.39 is 6.10 Å². The minimum absolute atomic E-state index is 0.775. The molecule has 52 valence electrons. The lowest BCUT2D eigenvalue weighted by Gasteiger charge is -2.16. The average molecular weight is 133 g/mol. The Labute approximate surface area is 60.6 Å². The van der Waals surface area contributed by atoms with Gasteiger partial charge in [-0.05, 0) is 0 Å². The monoisotopic (exact) mass is 133 g/mol. The van der Waals surface area contributed by atoms with Crippen molar-refractivity contribution in [1.82, 2.24) is 0 Å². The van der Waals surface area contributed by atoms with Crippen molar-refractivity contribution in [2.75, 3.05) is 0 Å². The summed E-state index contributed by atoms with van der Waals surface area (Å²) < 4.78 is 0. The first kappa shape index (κ1) is 7.03. The maximum absolute atomic E-state index is 11.0. The van der Waals surface area contributed by atoms with Crippen molar-refractivity contribution < 1.29 is 5.11 Å². The van der Waals surface area contributed by atoms with Gasteiger partial charge in [-0.3, -0.25) is 0 Å². The molecule has 0 heterocycles. The third-order valence-corrected chi connectivity index (χ3v) is 1.34. The third-order valence-electron chi connectivity index (χ3n) is 1.34. The van der Waals surface area contributed by atoms with E-state index in [-0.39, 0.29) is 0 Å². The second-order valence-electron chi connectivity index (χ2n) is 2.07. The number of rotatable bonds is 2. The van der Waals surface area contributed by atoms with Gasteiger partial charge in [0.05, 0.1) is 0 Å². The highest BCUT2D eigenvalue weighted by Crippen LogP contribution is 2.08. The zero-order chi connectivity index (χ0) is 7.40. The van der Waals surface area contributed by atoms with Crippen LogP contribution in [0.25, 0.3) is 0 Å². The molecule has 0 saturated carbocycles. The molecule has 0 radical (unpaired) electrons. The SMILES string of the molecule is C=CC([O-])c1ccccc1. The van der Waals surface area contributed by atoms with Crippen molar-refractivity contribution >= 4 is 0 Å². The predicted molar refractivity (Wildman–Crippen MR) is 39.4 cm³/mol. The molecule has 0 spiro atoms. The molecule has 1 nitrogen and oxygen atoms in total. The summed E-state index contributed by atoms with van der Waals surface area (Å²) in [5, 5.41) is 11.0. The molecular weight excluding hydrogens is 124 g/mol. The van der Waals surface area contributed by atoms with Gasteiger partial charge in [0.1, 0.15) is 0 Å². The van der Waals surface area contributed by atoms with Crippen molar-refractivity contribution in [3.05, 3.63) is 48.6 Å². The highest BCUT2D eigenvalue weighted by molar-refractivity contribution is 5.19. The van der Waals surface area contributed by atoms with Gasteiger partial charge in [0.2, 0.25) is 0 Å². The molecule has 0 aromatic heterocycles. The van der Waals surface area contributed by atoms with Crippen LogP contribution < -0.4 is 5.11 Å². The zero-order valence-corrected chi connectivity index (χ0v) is 5.66. The van der Waals surface area contributed by atoms with E-state index in [1.165, 1.54) is 6.08 Å². The van der Waals surface area contributed by atoms with Gasteiger partial charge in [-0.2, -0.15) is 0 Å². The zero-order valence-electron chi connectivity index (χ0n) is 5.66. The van der Waals surface area contributed by atoms with Crippen molar-refractivity contribution in [3.8, 4) is 0 Å². The molecular formula is C9H9O-. The minimum Gasteiger partial charge on any atom is -0.846 e. The van der Waals surface area contributed by atoms with Crippen LogP contribution in [-0.2, 0) is 0 Å². The first-order chi connectivity index (χ1) is 4.84. The summed E-state index contributed by atoms with van der Waals surface area (Å²) in [6.45, 7) is 3.42. The highest BCUT2D eigenvalue weighted by Gasteiger charge is 1.88. The second kappa shape index (κ2) is 3.18. The molecule has 1 aromatic rings. The van der Waals surface area contributed by atoms with Crippen molar-refractivity contribution in [1.29, 1.82) is 0 Å². The van der Waals surface area contributed by atoms with Crippen LogP contribution >= 0.6 is 0 Å². The van der Waals surface area contributed by atoms with Crippen LogP contribution in [0.2, 0.25) is 0 Å². The van der Waals surface area contributed by atoms with E-state index in [9.17, 15) is 5.11 Å². The predicted octanol–water partition coefficient (Wildman–Crippen LogP) is 1.27. The summed E-state index contributed by atoms with van der Waals surface area (Å²) in [4.78, 5) is 0. The molecule has 0 aliphatic heterocycles. The van der Waals surface area contributed by atoms with Gasteiger partial charge >= 0.3 is 0 Å². The van der Waals surface area contributed by atoms with E-state index in [0.717, 1.165) is 5.56 Å². The Balaban J connectivity index is 2.84. The normalized spacial score (nSPS) is 12.5. The standard InChI is InChI=1S/C9H9O/c1-2-9(10)8-6-4-3-5-7-8/h2-7,9H,1H2/q-1. The van der Waals surface area contributed by atoms with Crippen LogP contribution in [0, 0.1) is 0 Å². The Morgan fingerprint density at radius 2 is 1.90 bits per heavy atom. The molecule has 0 fully saturated rings. The molecule has 0 amide bonds. The second-order valence-corrected chi connectivity index (χ2v) is 2.07. The fourth-order valence-corrected chi connectivity index (χ4v) is 0.779.